The van der Waals surface area contributed by atoms with E-state index in [9.17, 15) is 4.79 Å². The number of piperidine rings is 1. The topological polar surface area (TPSA) is 84.2 Å². The van der Waals surface area contributed by atoms with Crippen molar-refractivity contribution in [2.75, 3.05) is 24.5 Å². The number of benzene rings is 1. The van der Waals surface area contributed by atoms with E-state index in [2.05, 4.69) is 58.2 Å². The summed E-state index contributed by atoms with van der Waals surface area (Å²) in [5.41, 5.74) is 3.42. The zero-order chi connectivity index (χ0) is 21.1. The maximum atomic E-state index is 12.5. The van der Waals surface area contributed by atoms with Crippen molar-refractivity contribution in [2.24, 2.45) is 11.8 Å². The first-order valence-electron chi connectivity index (χ1n) is 10.7. The molecule has 1 aliphatic heterocycles. The normalized spacial score (nSPS) is 15.1. The fraction of sp³-hybridized carbons (Fsp3) is 0.478. The van der Waals surface area contributed by atoms with E-state index in [0.717, 1.165) is 61.4 Å². The Balaban J connectivity index is 1.50. The lowest BCUT2D eigenvalue weighted by atomic mass is 9.95. The van der Waals surface area contributed by atoms with Crippen LogP contribution in [0, 0.1) is 18.8 Å². The monoisotopic (exact) mass is 407 g/mol. The van der Waals surface area contributed by atoms with Gasteiger partial charge >= 0.3 is 0 Å². The number of carbonyl (C=O) groups excluding carboxylic acids is 1. The molecule has 0 aliphatic carbocycles. The molecule has 1 N–H and O–H groups in total. The molecule has 3 aromatic rings. The zero-order valence-electron chi connectivity index (χ0n) is 17.9. The number of hydrogen-bond donors (Lipinski definition) is 1. The van der Waals surface area contributed by atoms with Gasteiger partial charge in [-0.15, -0.1) is 0 Å². The van der Waals surface area contributed by atoms with Crippen LogP contribution in [0.1, 0.15) is 38.7 Å². The summed E-state index contributed by atoms with van der Waals surface area (Å²) >= 11 is 0. The number of aryl methyl sites for hydroxylation is 1. The number of anilines is 1. The van der Waals surface area contributed by atoms with E-state index in [0.29, 0.717) is 11.6 Å². The van der Waals surface area contributed by atoms with E-state index < -0.39 is 0 Å². The Morgan fingerprint density at radius 1 is 1.20 bits per heavy atom. The number of amides is 1. The SMILES string of the molecule is Cc1ccc(-c2noc3ncnc(N4CCC(C(=O)NCCC(C)C)CC4)c23)cc1. The Labute approximate surface area is 176 Å². The van der Waals surface area contributed by atoms with Crippen molar-refractivity contribution in [3.8, 4) is 11.3 Å². The molecule has 0 radical (unpaired) electrons. The molecule has 0 saturated carbocycles. The molecule has 1 aliphatic rings. The predicted octanol–water partition coefficient (Wildman–Crippen LogP) is 3.97. The molecule has 2 aromatic heterocycles. The zero-order valence-corrected chi connectivity index (χ0v) is 17.9. The average Bonchev–Trinajstić information content (AvgIpc) is 3.18. The molecule has 1 amide bonds. The first-order chi connectivity index (χ1) is 14.5. The summed E-state index contributed by atoms with van der Waals surface area (Å²) in [5.74, 6) is 1.66. The van der Waals surface area contributed by atoms with Gasteiger partial charge in [-0.3, -0.25) is 4.79 Å². The molecular formula is C23H29N5O2. The van der Waals surface area contributed by atoms with E-state index in [1.165, 1.54) is 11.9 Å². The van der Waals surface area contributed by atoms with Crippen LogP contribution in [0.3, 0.4) is 0 Å². The second-order valence-electron chi connectivity index (χ2n) is 8.51. The van der Waals surface area contributed by atoms with E-state index in [1.807, 2.05) is 12.1 Å². The lowest BCUT2D eigenvalue weighted by molar-refractivity contribution is -0.125. The van der Waals surface area contributed by atoms with Crippen molar-refractivity contribution in [2.45, 2.75) is 40.0 Å². The highest BCUT2D eigenvalue weighted by molar-refractivity contribution is 5.98. The summed E-state index contributed by atoms with van der Waals surface area (Å²) in [4.78, 5) is 23.5. The molecular weight excluding hydrogens is 378 g/mol. The lowest BCUT2D eigenvalue weighted by Gasteiger charge is -2.32. The highest BCUT2D eigenvalue weighted by Gasteiger charge is 2.28. The van der Waals surface area contributed by atoms with Gasteiger partial charge < -0.3 is 14.7 Å². The summed E-state index contributed by atoms with van der Waals surface area (Å²) in [7, 11) is 0. The van der Waals surface area contributed by atoms with Gasteiger partial charge in [-0.2, -0.15) is 4.98 Å². The molecule has 1 saturated heterocycles. The fourth-order valence-corrected chi connectivity index (χ4v) is 3.90. The van der Waals surface area contributed by atoms with Crippen LogP contribution in [0.4, 0.5) is 5.82 Å². The van der Waals surface area contributed by atoms with Gasteiger partial charge in [0, 0.05) is 31.1 Å². The number of aromatic nitrogens is 3. The van der Waals surface area contributed by atoms with Gasteiger partial charge in [0.15, 0.2) is 0 Å². The van der Waals surface area contributed by atoms with Crippen molar-refractivity contribution in [3.05, 3.63) is 36.2 Å². The summed E-state index contributed by atoms with van der Waals surface area (Å²) < 4.78 is 5.50. The van der Waals surface area contributed by atoms with Crippen LogP contribution < -0.4 is 10.2 Å². The number of hydrogen-bond acceptors (Lipinski definition) is 6. The Bertz CT molecular complexity index is 1000. The summed E-state index contributed by atoms with van der Waals surface area (Å²) in [5, 5.41) is 8.20. The first kappa shape index (κ1) is 20.3. The van der Waals surface area contributed by atoms with E-state index in [1.54, 1.807) is 0 Å². The molecule has 1 aromatic carbocycles. The average molecular weight is 408 g/mol. The van der Waals surface area contributed by atoms with Crippen LogP contribution in [0.15, 0.2) is 35.1 Å². The van der Waals surface area contributed by atoms with Gasteiger partial charge in [0.25, 0.3) is 5.71 Å². The number of carbonyl (C=O) groups is 1. The lowest BCUT2D eigenvalue weighted by Crippen LogP contribution is -2.41. The third-order valence-electron chi connectivity index (χ3n) is 5.76. The summed E-state index contributed by atoms with van der Waals surface area (Å²) in [6.07, 6.45) is 4.15. The number of rotatable bonds is 6. The third kappa shape index (κ3) is 4.30. The molecule has 0 atom stereocenters. The minimum atomic E-state index is 0.0600. The van der Waals surface area contributed by atoms with Crippen molar-refractivity contribution in [1.29, 1.82) is 0 Å². The van der Waals surface area contributed by atoms with Gasteiger partial charge in [0.2, 0.25) is 5.91 Å². The van der Waals surface area contributed by atoms with Gasteiger partial charge in [0.05, 0.1) is 0 Å². The molecule has 0 spiro atoms. The van der Waals surface area contributed by atoms with E-state index in [-0.39, 0.29) is 11.8 Å². The highest BCUT2D eigenvalue weighted by Crippen LogP contribution is 2.34. The molecule has 4 rings (SSSR count). The standard InChI is InChI=1S/C23H29N5O2/c1-15(2)8-11-24-22(29)18-9-12-28(13-10-18)21-19-20(17-6-4-16(3)5-7-17)27-30-23(19)26-14-25-21/h4-7,14-15,18H,8-13H2,1-3H3,(H,24,29). The fourth-order valence-electron chi connectivity index (χ4n) is 3.90. The largest absolute Gasteiger partial charge is 0.356 e. The van der Waals surface area contributed by atoms with Crippen molar-refractivity contribution >= 4 is 22.8 Å². The predicted molar refractivity (Wildman–Crippen MR) is 117 cm³/mol. The Kier molecular flexibility index (Phi) is 5.97. The maximum Gasteiger partial charge on any atom is 0.263 e. The van der Waals surface area contributed by atoms with Crippen molar-refractivity contribution < 1.29 is 9.32 Å². The van der Waals surface area contributed by atoms with Gasteiger partial charge in [0.1, 0.15) is 23.2 Å². The third-order valence-corrected chi connectivity index (χ3v) is 5.76. The van der Waals surface area contributed by atoms with Crippen LogP contribution in [-0.2, 0) is 4.79 Å². The first-order valence-corrected chi connectivity index (χ1v) is 10.7. The number of nitrogens with one attached hydrogen (secondary N) is 1. The summed E-state index contributed by atoms with van der Waals surface area (Å²) in [6.45, 7) is 8.69. The maximum absolute atomic E-state index is 12.5. The van der Waals surface area contributed by atoms with Crippen LogP contribution in [0.25, 0.3) is 22.4 Å². The number of nitrogens with zero attached hydrogens (tertiary/aromatic N) is 4. The minimum Gasteiger partial charge on any atom is -0.356 e. The van der Waals surface area contributed by atoms with Crippen LogP contribution in [0.2, 0.25) is 0 Å². The second kappa shape index (κ2) is 8.81. The molecule has 3 heterocycles. The van der Waals surface area contributed by atoms with Crippen LogP contribution >= 0.6 is 0 Å². The smallest absolute Gasteiger partial charge is 0.263 e. The van der Waals surface area contributed by atoms with E-state index >= 15 is 0 Å². The molecule has 7 nitrogen and oxygen atoms in total. The van der Waals surface area contributed by atoms with Gasteiger partial charge in [-0.1, -0.05) is 48.8 Å². The Morgan fingerprint density at radius 3 is 2.63 bits per heavy atom. The van der Waals surface area contributed by atoms with Crippen molar-refractivity contribution in [3.63, 3.8) is 0 Å². The highest BCUT2D eigenvalue weighted by atomic mass is 16.5. The van der Waals surface area contributed by atoms with E-state index in [4.69, 9.17) is 4.52 Å². The van der Waals surface area contributed by atoms with Gasteiger partial charge in [-0.25, -0.2) is 4.98 Å². The Hall–Kier alpha value is -2.96. The number of fused-ring (bicyclic) bond motifs is 1. The minimum absolute atomic E-state index is 0.0600. The quantitative estimate of drug-likeness (QED) is 0.666. The molecule has 0 unspecified atom stereocenters. The molecule has 7 heteroatoms. The molecule has 1 fully saturated rings. The van der Waals surface area contributed by atoms with Crippen LogP contribution in [0.5, 0.6) is 0 Å². The molecule has 158 valence electrons. The Morgan fingerprint density at radius 2 is 1.93 bits per heavy atom. The van der Waals surface area contributed by atoms with Crippen molar-refractivity contribution in [1.82, 2.24) is 20.4 Å². The second-order valence-corrected chi connectivity index (χ2v) is 8.51. The van der Waals surface area contributed by atoms with Gasteiger partial charge in [-0.05, 0) is 32.1 Å². The molecule has 0 bridgehead atoms. The summed E-state index contributed by atoms with van der Waals surface area (Å²) in [6, 6.07) is 8.19. The molecule has 30 heavy (non-hydrogen) atoms. The van der Waals surface area contributed by atoms with Crippen LogP contribution in [-0.4, -0.2) is 40.7 Å².